The molecule has 1 aliphatic heterocycles. The van der Waals surface area contributed by atoms with E-state index in [-0.39, 0.29) is 37.2 Å². The van der Waals surface area contributed by atoms with Gasteiger partial charge in [-0.15, -0.1) is 0 Å². The molecule has 0 aromatic carbocycles. The second-order valence-electron chi connectivity index (χ2n) is 5.64. The van der Waals surface area contributed by atoms with Gasteiger partial charge in [-0.1, -0.05) is 13.8 Å². The third kappa shape index (κ3) is 4.07. The predicted molar refractivity (Wildman–Crippen MR) is 79.7 cm³/mol. The van der Waals surface area contributed by atoms with E-state index in [0.29, 0.717) is 17.1 Å². The van der Waals surface area contributed by atoms with E-state index < -0.39 is 6.10 Å². The highest BCUT2D eigenvalue weighted by atomic mass is 79.9. The van der Waals surface area contributed by atoms with E-state index in [2.05, 4.69) is 15.9 Å². The first-order valence-corrected chi connectivity index (χ1v) is 7.66. The summed E-state index contributed by atoms with van der Waals surface area (Å²) in [6, 6.07) is 3.16. The van der Waals surface area contributed by atoms with E-state index in [0.717, 1.165) is 0 Å². The van der Waals surface area contributed by atoms with Gasteiger partial charge in [-0.25, -0.2) is 0 Å². The zero-order valence-electron chi connectivity index (χ0n) is 12.1. The topological polar surface area (TPSA) is 74.0 Å². The van der Waals surface area contributed by atoms with Crippen molar-refractivity contribution in [2.24, 2.45) is 5.92 Å². The van der Waals surface area contributed by atoms with Crippen molar-refractivity contribution in [2.75, 3.05) is 26.2 Å². The summed E-state index contributed by atoms with van der Waals surface area (Å²) in [5, 5.41) is 10.0. The van der Waals surface area contributed by atoms with Crippen molar-refractivity contribution in [2.45, 2.75) is 20.0 Å². The van der Waals surface area contributed by atoms with Crippen molar-refractivity contribution in [1.29, 1.82) is 0 Å². The number of carbonyl (C=O) groups excluding carboxylic acids is 2. The van der Waals surface area contributed by atoms with Gasteiger partial charge in [-0.05, 0) is 34.0 Å². The number of aliphatic hydroxyl groups excluding tert-OH is 1. The van der Waals surface area contributed by atoms with Crippen LogP contribution >= 0.6 is 15.9 Å². The molecule has 0 spiro atoms. The van der Waals surface area contributed by atoms with Gasteiger partial charge in [0.15, 0.2) is 10.4 Å². The molecule has 1 unspecified atom stereocenters. The quantitative estimate of drug-likeness (QED) is 0.884. The molecule has 1 aliphatic rings. The Balaban J connectivity index is 2.11. The van der Waals surface area contributed by atoms with Crippen molar-refractivity contribution in [3.05, 3.63) is 22.6 Å². The third-order valence-corrected chi connectivity index (χ3v) is 3.62. The Morgan fingerprint density at radius 3 is 2.76 bits per heavy atom. The van der Waals surface area contributed by atoms with Crippen LogP contribution in [0.25, 0.3) is 0 Å². The molecule has 2 rings (SSSR count). The number of nitrogens with zero attached hydrogens (tertiary/aromatic N) is 2. The summed E-state index contributed by atoms with van der Waals surface area (Å²) in [6.45, 7) is 4.92. The summed E-state index contributed by atoms with van der Waals surface area (Å²) in [5.74, 6) is -0.0812. The smallest absolute Gasteiger partial charge is 0.290 e. The maximum atomic E-state index is 12.3. The molecule has 1 atom stereocenters. The third-order valence-electron chi connectivity index (χ3n) is 3.20. The summed E-state index contributed by atoms with van der Waals surface area (Å²) in [6.07, 6.45) is -0.752. The molecule has 1 N–H and O–H groups in total. The van der Waals surface area contributed by atoms with Crippen LogP contribution in [0.4, 0.5) is 0 Å². The van der Waals surface area contributed by atoms with Gasteiger partial charge >= 0.3 is 0 Å². The molecule has 1 aromatic rings. The van der Waals surface area contributed by atoms with E-state index >= 15 is 0 Å². The largest absolute Gasteiger partial charge is 0.444 e. The van der Waals surface area contributed by atoms with Crippen LogP contribution in [-0.2, 0) is 4.79 Å². The monoisotopic (exact) mass is 358 g/mol. The Labute approximate surface area is 131 Å². The minimum absolute atomic E-state index is 0.0407. The lowest BCUT2D eigenvalue weighted by Crippen LogP contribution is -2.40. The van der Waals surface area contributed by atoms with Crippen LogP contribution in [0.3, 0.4) is 0 Å². The lowest BCUT2D eigenvalue weighted by molar-refractivity contribution is -0.131. The minimum atomic E-state index is -0.752. The standard InChI is InChI=1S/C14H19BrN2O4/c1-9(2)5-16-6-10(18)7-17(8-13(16)19)14(20)11-3-4-12(15)21-11/h3-4,9-10,18H,5-8H2,1-2H3. The number of carbonyl (C=O) groups is 2. The molecular formula is C14H19BrN2O4. The SMILES string of the molecule is CC(C)CN1CC(O)CN(C(=O)c2ccc(Br)o2)CC1=O. The van der Waals surface area contributed by atoms with Gasteiger partial charge in [0, 0.05) is 19.6 Å². The van der Waals surface area contributed by atoms with E-state index in [4.69, 9.17) is 4.42 Å². The molecule has 1 fully saturated rings. The fourth-order valence-corrected chi connectivity index (χ4v) is 2.66. The molecule has 6 nitrogen and oxygen atoms in total. The number of aliphatic hydroxyl groups is 1. The Hall–Kier alpha value is -1.34. The molecule has 0 aliphatic carbocycles. The lowest BCUT2D eigenvalue weighted by atomic mass is 10.2. The highest BCUT2D eigenvalue weighted by molar-refractivity contribution is 9.10. The van der Waals surface area contributed by atoms with Gasteiger partial charge in [0.05, 0.1) is 6.10 Å². The average Bonchev–Trinajstić information content (AvgIpc) is 2.76. The van der Waals surface area contributed by atoms with Crippen LogP contribution in [0.1, 0.15) is 24.4 Å². The van der Waals surface area contributed by atoms with Crippen molar-refractivity contribution in [3.8, 4) is 0 Å². The highest BCUT2D eigenvalue weighted by Gasteiger charge is 2.31. The molecular weight excluding hydrogens is 340 g/mol. The Kier molecular flexibility index (Phi) is 5.05. The Morgan fingerprint density at radius 2 is 2.19 bits per heavy atom. The predicted octanol–water partition coefficient (Wildman–Crippen LogP) is 1.34. The number of amides is 2. The van der Waals surface area contributed by atoms with Crippen molar-refractivity contribution in [1.82, 2.24) is 9.80 Å². The maximum Gasteiger partial charge on any atom is 0.290 e. The fraction of sp³-hybridized carbons (Fsp3) is 0.571. The van der Waals surface area contributed by atoms with E-state index in [1.807, 2.05) is 13.8 Å². The second-order valence-corrected chi connectivity index (χ2v) is 6.42. The second kappa shape index (κ2) is 6.62. The van der Waals surface area contributed by atoms with Gasteiger partial charge in [0.1, 0.15) is 6.54 Å². The summed E-state index contributed by atoms with van der Waals surface area (Å²) >= 11 is 3.14. The highest BCUT2D eigenvalue weighted by Crippen LogP contribution is 2.17. The molecule has 21 heavy (non-hydrogen) atoms. The Bertz CT molecular complexity index is 529. The first kappa shape index (κ1) is 16.0. The van der Waals surface area contributed by atoms with Gasteiger partial charge in [-0.3, -0.25) is 9.59 Å². The molecule has 7 heteroatoms. The number of rotatable bonds is 3. The number of hydrogen-bond acceptors (Lipinski definition) is 4. The first-order valence-electron chi connectivity index (χ1n) is 6.87. The first-order chi connectivity index (χ1) is 9.86. The number of halogens is 1. The number of β-amino-alcohol motifs (C(OH)–C–C–N with tert-alkyl or cyclic N) is 1. The normalized spacial score (nSPS) is 20.0. The van der Waals surface area contributed by atoms with Crippen molar-refractivity contribution < 1.29 is 19.1 Å². The zero-order valence-corrected chi connectivity index (χ0v) is 13.7. The molecule has 1 aromatic heterocycles. The van der Waals surface area contributed by atoms with Crippen LogP contribution in [0.15, 0.2) is 21.2 Å². The molecule has 0 radical (unpaired) electrons. The molecule has 2 heterocycles. The van der Waals surface area contributed by atoms with E-state index in [1.165, 1.54) is 4.90 Å². The van der Waals surface area contributed by atoms with Crippen LogP contribution in [0.5, 0.6) is 0 Å². The number of hydrogen-bond donors (Lipinski definition) is 1. The minimum Gasteiger partial charge on any atom is -0.444 e. The van der Waals surface area contributed by atoms with Crippen LogP contribution in [-0.4, -0.2) is 59.0 Å². The zero-order chi connectivity index (χ0) is 15.6. The summed E-state index contributed by atoms with van der Waals surface area (Å²) in [5.41, 5.74) is 0. The summed E-state index contributed by atoms with van der Waals surface area (Å²) in [4.78, 5) is 27.5. The van der Waals surface area contributed by atoms with Crippen LogP contribution in [0.2, 0.25) is 0 Å². The van der Waals surface area contributed by atoms with Crippen molar-refractivity contribution >= 4 is 27.7 Å². The van der Waals surface area contributed by atoms with Gasteiger partial charge < -0.3 is 19.3 Å². The lowest BCUT2D eigenvalue weighted by Gasteiger charge is -2.23. The van der Waals surface area contributed by atoms with E-state index in [1.54, 1.807) is 17.0 Å². The summed E-state index contributed by atoms with van der Waals surface area (Å²) in [7, 11) is 0. The average molecular weight is 359 g/mol. The molecule has 0 bridgehead atoms. The van der Waals surface area contributed by atoms with Crippen molar-refractivity contribution in [3.63, 3.8) is 0 Å². The van der Waals surface area contributed by atoms with Crippen LogP contribution < -0.4 is 0 Å². The van der Waals surface area contributed by atoms with Gasteiger partial charge in [-0.2, -0.15) is 0 Å². The summed E-state index contributed by atoms with van der Waals surface area (Å²) < 4.78 is 5.67. The molecule has 2 amide bonds. The fourth-order valence-electron chi connectivity index (χ4n) is 2.35. The van der Waals surface area contributed by atoms with Crippen LogP contribution in [0, 0.1) is 5.92 Å². The Morgan fingerprint density at radius 1 is 1.48 bits per heavy atom. The van der Waals surface area contributed by atoms with Gasteiger partial charge in [0.25, 0.3) is 5.91 Å². The van der Waals surface area contributed by atoms with Gasteiger partial charge in [0.2, 0.25) is 5.91 Å². The van der Waals surface area contributed by atoms with E-state index in [9.17, 15) is 14.7 Å². The molecule has 0 saturated carbocycles. The molecule has 1 saturated heterocycles. The molecule has 116 valence electrons. The maximum absolute atomic E-state index is 12.3. The number of furan rings is 1.